The number of nitrogens with one attached hydrogen (secondary N) is 1. The lowest BCUT2D eigenvalue weighted by molar-refractivity contribution is -0.122. The number of aryl methyl sites for hydroxylation is 1. The molecule has 0 bridgehead atoms. The van der Waals surface area contributed by atoms with Crippen LogP contribution in [0.15, 0.2) is 78.9 Å². The fraction of sp³-hybridized carbons (Fsp3) is 0.412. The van der Waals surface area contributed by atoms with Gasteiger partial charge in [0.1, 0.15) is 17.8 Å². The monoisotopic (exact) mass is 879 g/mol. The number of nitriles is 1. The van der Waals surface area contributed by atoms with Crippen molar-refractivity contribution in [2.45, 2.75) is 70.4 Å². The van der Waals surface area contributed by atoms with Crippen molar-refractivity contribution in [2.75, 3.05) is 51.8 Å². The van der Waals surface area contributed by atoms with E-state index in [1.165, 1.54) is 23.3 Å². The van der Waals surface area contributed by atoms with E-state index in [2.05, 4.69) is 38.4 Å². The van der Waals surface area contributed by atoms with Gasteiger partial charge in [-0.1, -0.05) is 18.2 Å². The number of ether oxygens (including phenoxy) is 3. The van der Waals surface area contributed by atoms with E-state index >= 15 is 0 Å². The maximum absolute atomic E-state index is 13.9. The predicted octanol–water partition coefficient (Wildman–Crippen LogP) is 7.96. The van der Waals surface area contributed by atoms with Gasteiger partial charge in [0, 0.05) is 57.3 Å². The van der Waals surface area contributed by atoms with Crippen LogP contribution in [0, 0.1) is 23.2 Å². The number of amides is 3. The van der Waals surface area contributed by atoms with E-state index < -0.39 is 17.9 Å². The van der Waals surface area contributed by atoms with Crippen molar-refractivity contribution in [3.63, 3.8) is 0 Å². The van der Waals surface area contributed by atoms with Crippen molar-refractivity contribution in [3.05, 3.63) is 107 Å². The number of imide groups is 1. The lowest BCUT2D eigenvalue weighted by atomic mass is 9.78. The Kier molecular flexibility index (Phi) is 13.8. The van der Waals surface area contributed by atoms with Crippen molar-refractivity contribution in [1.29, 1.82) is 5.26 Å². The summed E-state index contributed by atoms with van der Waals surface area (Å²) in [5.41, 5.74) is 5.06. The van der Waals surface area contributed by atoms with Crippen LogP contribution in [0.1, 0.15) is 101 Å². The number of carbonyl (C=O) groups excluding carboxylic acids is 4. The smallest absolute Gasteiger partial charge is 0.262 e. The highest BCUT2D eigenvalue weighted by atomic mass is 16.5. The number of piperidine rings is 2. The van der Waals surface area contributed by atoms with Crippen LogP contribution >= 0.6 is 0 Å². The lowest BCUT2D eigenvalue weighted by Gasteiger charge is -2.41. The fourth-order valence-corrected chi connectivity index (χ4v) is 10.00. The highest BCUT2D eigenvalue weighted by Crippen LogP contribution is 2.40. The summed E-state index contributed by atoms with van der Waals surface area (Å²) in [4.78, 5) is 57.5. The Morgan fingerprint density at radius 1 is 0.892 bits per heavy atom. The summed E-state index contributed by atoms with van der Waals surface area (Å²) in [6.45, 7) is 7.06. The van der Waals surface area contributed by atoms with Crippen molar-refractivity contribution in [1.82, 2.24) is 24.9 Å². The van der Waals surface area contributed by atoms with Crippen LogP contribution in [0.3, 0.4) is 0 Å². The normalized spacial score (nSPS) is 16.8. The number of fused-ring (bicyclic) bond motifs is 2. The number of likely N-dealkylation sites (tertiary alicyclic amines) is 1. The molecule has 3 aliphatic heterocycles. The number of benzene rings is 4. The first-order chi connectivity index (χ1) is 31.6. The van der Waals surface area contributed by atoms with Crippen LogP contribution in [0.25, 0.3) is 10.9 Å². The minimum atomic E-state index is -0.764. The fourth-order valence-electron chi connectivity index (χ4n) is 10.00. The molecule has 2 unspecified atom stereocenters. The molecule has 3 aliphatic rings. The maximum Gasteiger partial charge on any atom is 0.262 e. The molecule has 0 aliphatic carbocycles. The third-order valence-corrected chi connectivity index (χ3v) is 13.5. The number of nitrogens with zero attached hydrogens (tertiary/aromatic N) is 6. The van der Waals surface area contributed by atoms with E-state index in [1.807, 2.05) is 56.4 Å². The number of hydrogen-bond acceptors (Lipinski definition) is 11. The third kappa shape index (κ3) is 9.42. The first kappa shape index (κ1) is 44.9. The van der Waals surface area contributed by atoms with Gasteiger partial charge in [-0.15, -0.1) is 0 Å². The number of anilines is 1. The summed E-state index contributed by atoms with van der Waals surface area (Å²) in [5.74, 6) is 2.31. The van der Waals surface area contributed by atoms with E-state index in [4.69, 9.17) is 14.2 Å². The molecule has 1 aromatic heterocycles. The van der Waals surface area contributed by atoms with Gasteiger partial charge in [-0.05, 0) is 130 Å². The molecule has 4 aromatic carbocycles. The van der Waals surface area contributed by atoms with Gasteiger partial charge in [0.15, 0.2) is 11.5 Å². The minimum absolute atomic E-state index is 0.0448. The summed E-state index contributed by atoms with van der Waals surface area (Å²) < 4.78 is 19.2. The molecule has 14 heteroatoms. The molecule has 0 spiro atoms. The average molecular weight is 880 g/mol. The number of rotatable bonds is 17. The number of likely N-dealkylation sites (N-methyl/N-ethyl adjacent to an activating group) is 1. The number of aromatic nitrogens is 2. The molecule has 1 N–H and O–H groups in total. The second kappa shape index (κ2) is 20.0. The molecule has 8 rings (SSSR count). The number of aldehydes is 1. The molecule has 3 amide bonds. The summed E-state index contributed by atoms with van der Waals surface area (Å²) in [6, 6.07) is 26.3. The molecule has 65 heavy (non-hydrogen) atoms. The van der Waals surface area contributed by atoms with Gasteiger partial charge in [0.2, 0.25) is 5.91 Å². The van der Waals surface area contributed by atoms with E-state index in [0.717, 1.165) is 74.2 Å². The molecule has 0 saturated carbocycles. The van der Waals surface area contributed by atoms with Crippen LogP contribution in [0.5, 0.6) is 23.0 Å². The maximum atomic E-state index is 13.9. The molecule has 4 heterocycles. The van der Waals surface area contributed by atoms with E-state index in [0.29, 0.717) is 64.5 Å². The molecule has 14 nitrogen and oxygen atoms in total. The van der Waals surface area contributed by atoms with Gasteiger partial charge in [-0.2, -0.15) is 10.4 Å². The molecule has 2 atom stereocenters. The van der Waals surface area contributed by atoms with Gasteiger partial charge in [0.05, 0.1) is 60.5 Å². The van der Waals surface area contributed by atoms with Crippen molar-refractivity contribution in [3.8, 4) is 29.1 Å². The molecule has 0 radical (unpaired) electrons. The van der Waals surface area contributed by atoms with Crippen molar-refractivity contribution < 1.29 is 33.4 Å². The Morgan fingerprint density at radius 3 is 2.28 bits per heavy atom. The largest absolute Gasteiger partial charge is 0.493 e. The van der Waals surface area contributed by atoms with E-state index in [1.54, 1.807) is 43.1 Å². The quantitative estimate of drug-likeness (QED) is 0.0714. The minimum Gasteiger partial charge on any atom is -0.493 e. The Labute approximate surface area is 380 Å². The lowest BCUT2D eigenvalue weighted by Crippen LogP contribution is -2.40. The first-order valence-corrected chi connectivity index (χ1v) is 22.7. The zero-order chi connectivity index (χ0) is 45.6. The van der Waals surface area contributed by atoms with Crippen LogP contribution in [0.4, 0.5) is 5.69 Å². The Bertz CT molecular complexity index is 2590. The third-order valence-electron chi connectivity index (χ3n) is 13.5. The molecule has 2 fully saturated rings. The molecule has 338 valence electrons. The highest BCUT2D eigenvalue weighted by molar-refractivity contribution is 6.22. The summed E-state index contributed by atoms with van der Waals surface area (Å²) in [5, 5.41) is 18.0. The standard InChI is InChI=1S/C51H57N7O7/c1-5-64-47-29-36(10-17-46(47)63-4)44(18-23-52)58-50(61)40-15-11-37(30-43(40)51(58)62)57-26-21-35(22-27-57)34-19-24-56(25-20-34)32-33-8-12-38(13-9-33)65-39-14-16-41-45(31-39)55(3)54-48(41)42(7-6-28-59)49(60)53-2/h8-17,28-31,34-35,42,44H,5-7,18-22,24-27,32H2,1-4H3,(H,53,60). The van der Waals surface area contributed by atoms with Crippen LogP contribution in [-0.4, -0.2) is 90.5 Å². The number of carbonyl (C=O) groups is 4. The Balaban J connectivity index is 0.823. The van der Waals surface area contributed by atoms with Gasteiger partial charge in [0.25, 0.3) is 11.8 Å². The summed E-state index contributed by atoms with van der Waals surface area (Å²) >= 11 is 0. The van der Waals surface area contributed by atoms with Gasteiger partial charge < -0.3 is 29.2 Å². The number of methoxy groups -OCH3 is 1. The van der Waals surface area contributed by atoms with Gasteiger partial charge in [-0.25, -0.2) is 0 Å². The van der Waals surface area contributed by atoms with Crippen molar-refractivity contribution >= 4 is 40.6 Å². The molecular formula is C51H57N7O7. The van der Waals surface area contributed by atoms with E-state index in [9.17, 15) is 24.4 Å². The molecule has 2 saturated heterocycles. The SMILES string of the molecule is CCOc1cc(C(CC#N)N2C(=O)c3ccc(N4CCC(C5CCN(Cc6ccc(Oc7ccc8c(C(CCC=O)C(=O)NC)nn(C)c8c7)cc6)CC5)CC4)cc3C2=O)ccc1OC. The second-order valence-electron chi connectivity index (χ2n) is 17.2. The second-order valence-corrected chi connectivity index (χ2v) is 17.2. The summed E-state index contributed by atoms with van der Waals surface area (Å²) in [7, 11) is 4.99. The zero-order valence-corrected chi connectivity index (χ0v) is 37.6. The molecule has 5 aromatic rings. The van der Waals surface area contributed by atoms with Gasteiger partial charge in [-0.3, -0.25) is 28.9 Å². The van der Waals surface area contributed by atoms with Crippen molar-refractivity contribution in [2.24, 2.45) is 18.9 Å². The first-order valence-electron chi connectivity index (χ1n) is 22.7. The topological polar surface area (TPSA) is 159 Å². The van der Waals surface area contributed by atoms with E-state index in [-0.39, 0.29) is 24.7 Å². The van der Waals surface area contributed by atoms with Gasteiger partial charge >= 0.3 is 0 Å². The predicted molar refractivity (Wildman–Crippen MR) is 246 cm³/mol. The summed E-state index contributed by atoms with van der Waals surface area (Å²) in [6.07, 6.45) is 5.96. The van der Waals surface area contributed by atoms with Crippen LogP contribution in [0.2, 0.25) is 0 Å². The Morgan fingerprint density at radius 2 is 1.60 bits per heavy atom. The molecular weight excluding hydrogens is 823 g/mol. The highest BCUT2D eigenvalue weighted by Gasteiger charge is 2.41. The zero-order valence-electron chi connectivity index (χ0n) is 37.6. The van der Waals surface area contributed by atoms with Crippen LogP contribution < -0.4 is 24.4 Å². The van der Waals surface area contributed by atoms with Crippen LogP contribution in [-0.2, 0) is 23.2 Å². The Hall–Kier alpha value is -6.72. The average Bonchev–Trinajstić information content (AvgIpc) is 3.79. The number of hydrogen-bond donors (Lipinski definition) is 1.